The number of hydrogen-bond acceptors (Lipinski definition) is 7. The van der Waals surface area contributed by atoms with Crippen LogP contribution in [0.5, 0.6) is 0 Å². The number of hydrogen-bond donors (Lipinski definition) is 1. The van der Waals surface area contributed by atoms with Crippen LogP contribution in [-0.2, 0) is 18.6 Å². The number of benzene rings is 1. The number of aromatic amines is 1. The Morgan fingerprint density at radius 2 is 2.00 bits per heavy atom. The van der Waals surface area contributed by atoms with Gasteiger partial charge in [-0.05, 0) is 55.5 Å². The minimum Gasteiger partial charge on any atom is -0.334 e. The van der Waals surface area contributed by atoms with Gasteiger partial charge in [0.1, 0.15) is 4.83 Å². The summed E-state index contributed by atoms with van der Waals surface area (Å²) < 4.78 is 5.32. The van der Waals surface area contributed by atoms with Crippen LogP contribution in [0.3, 0.4) is 0 Å². The second-order valence-electron chi connectivity index (χ2n) is 6.57. The van der Waals surface area contributed by atoms with Gasteiger partial charge in [0.25, 0.3) is 11.4 Å². The summed E-state index contributed by atoms with van der Waals surface area (Å²) in [4.78, 5) is 26.7. The summed E-state index contributed by atoms with van der Waals surface area (Å²) in [5.74, 6) is 1.44. The maximum absolute atomic E-state index is 12.6. The van der Waals surface area contributed by atoms with Gasteiger partial charge in [-0.25, -0.2) is 4.98 Å². The lowest BCUT2D eigenvalue weighted by Crippen LogP contribution is -2.10. The van der Waals surface area contributed by atoms with Crippen molar-refractivity contribution in [1.29, 1.82) is 0 Å². The number of H-pyrrole nitrogens is 1. The molecule has 1 aromatic carbocycles. The molecule has 5 rings (SSSR count). The molecule has 1 aliphatic rings. The van der Waals surface area contributed by atoms with Crippen molar-refractivity contribution < 1.29 is 4.52 Å². The molecule has 0 amide bonds. The average molecular weight is 431 g/mol. The molecule has 3 aromatic heterocycles. The quantitative estimate of drug-likeness (QED) is 0.367. The van der Waals surface area contributed by atoms with Gasteiger partial charge in [-0.2, -0.15) is 4.98 Å². The third kappa shape index (κ3) is 3.36. The summed E-state index contributed by atoms with van der Waals surface area (Å²) in [5, 5.41) is 6.01. The maximum atomic E-state index is 12.6. The molecule has 6 nitrogen and oxygen atoms in total. The summed E-state index contributed by atoms with van der Waals surface area (Å²) in [6, 6.07) is 7.22. The Morgan fingerprint density at radius 1 is 1.18 bits per heavy atom. The first-order chi connectivity index (χ1) is 13.7. The van der Waals surface area contributed by atoms with E-state index in [1.807, 2.05) is 12.1 Å². The third-order valence-electron chi connectivity index (χ3n) is 4.70. The zero-order chi connectivity index (χ0) is 19.1. The molecule has 0 bridgehead atoms. The van der Waals surface area contributed by atoms with Crippen LogP contribution in [0, 0.1) is 0 Å². The van der Waals surface area contributed by atoms with Crippen LogP contribution in [0.25, 0.3) is 21.7 Å². The van der Waals surface area contributed by atoms with E-state index >= 15 is 0 Å². The average Bonchev–Trinajstić information content (AvgIpc) is 3.31. The van der Waals surface area contributed by atoms with Crippen molar-refractivity contribution in [3.8, 4) is 11.5 Å². The van der Waals surface area contributed by atoms with Crippen molar-refractivity contribution in [2.45, 2.75) is 36.6 Å². The molecule has 4 aromatic rings. The highest BCUT2D eigenvalue weighted by molar-refractivity contribution is 7.98. The van der Waals surface area contributed by atoms with Gasteiger partial charge in [-0.1, -0.05) is 28.5 Å². The Balaban J connectivity index is 1.36. The Morgan fingerprint density at radius 3 is 2.86 bits per heavy atom. The van der Waals surface area contributed by atoms with E-state index < -0.39 is 0 Å². The van der Waals surface area contributed by atoms with Gasteiger partial charge in [0.05, 0.1) is 11.1 Å². The van der Waals surface area contributed by atoms with E-state index in [1.165, 1.54) is 28.6 Å². The van der Waals surface area contributed by atoms with Gasteiger partial charge in [-0.15, -0.1) is 11.3 Å². The van der Waals surface area contributed by atoms with E-state index in [1.54, 1.807) is 23.5 Å². The van der Waals surface area contributed by atoms with Crippen molar-refractivity contribution in [2.75, 3.05) is 0 Å². The smallest absolute Gasteiger partial charge is 0.260 e. The number of halogens is 1. The van der Waals surface area contributed by atoms with Gasteiger partial charge in [0, 0.05) is 15.5 Å². The number of thiophene rings is 1. The SMILES string of the molecule is O=c1[nH]c(SCc2noc(-c3ccc(Cl)cc3)n2)nc2sc3c(c12)CCCC3. The molecule has 0 saturated carbocycles. The molecule has 0 radical (unpaired) electrons. The molecule has 142 valence electrons. The van der Waals surface area contributed by atoms with E-state index in [9.17, 15) is 4.79 Å². The van der Waals surface area contributed by atoms with Crippen molar-refractivity contribution in [3.05, 3.63) is 55.9 Å². The fraction of sp³-hybridized carbons (Fsp3) is 0.263. The van der Waals surface area contributed by atoms with Gasteiger partial charge in [-0.3, -0.25) is 4.79 Å². The number of aryl methyl sites for hydroxylation is 2. The molecule has 0 spiro atoms. The molecular weight excluding hydrogens is 416 g/mol. The first-order valence-electron chi connectivity index (χ1n) is 8.93. The normalized spacial score (nSPS) is 13.8. The Bertz CT molecular complexity index is 1210. The number of thioether (sulfide) groups is 1. The fourth-order valence-corrected chi connectivity index (χ4v) is 5.52. The molecule has 0 saturated heterocycles. The summed E-state index contributed by atoms with van der Waals surface area (Å²) >= 11 is 8.94. The van der Waals surface area contributed by atoms with Crippen molar-refractivity contribution in [1.82, 2.24) is 20.1 Å². The molecule has 1 aliphatic carbocycles. The highest BCUT2D eigenvalue weighted by Gasteiger charge is 2.20. The topological polar surface area (TPSA) is 84.7 Å². The number of nitrogens with one attached hydrogen (secondary N) is 1. The second kappa shape index (κ2) is 7.35. The van der Waals surface area contributed by atoms with Crippen LogP contribution < -0.4 is 5.56 Å². The molecule has 0 atom stereocenters. The lowest BCUT2D eigenvalue weighted by Gasteiger charge is -2.09. The van der Waals surface area contributed by atoms with Crippen molar-refractivity contribution in [3.63, 3.8) is 0 Å². The molecule has 1 N–H and O–H groups in total. The van der Waals surface area contributed by atoms with Crippen molar-refractivity contribution in [2.24, 2.45) is 0 Å². The zero-order valence-corrected chi connectivity index (χ0v) is 17.1. The fourth-order valence-electron chi connectivity index (χ4n) is 3.37. The van der Waals surface area contributed by atoms with Crippen LogP contribution >= 0.6 is 34.7 Å². The van der Waals surface area contributed by atoms with E-state index in [4.69, 9.17) is 16.1 Å². The standard InChI is InChI=1S/C19H15ClN4O2S2/c20-11-7-5-10(6-8-11)17-21-14(24-26-17)9-27-19-22-16(25)15-12-3-1-2-4-13(12)28-18(15)23-19/h5-8H,1-4,9H2,(H,22,23,25). The number of rotatable bonds is 4. The Labute approximate surface area is 173 Å². The molecule has 3 heterocycles. The van der Waals surface area contributed by atoms with Crippen LogP contribution in [0.15, 0.2) is 38.7 Å². The summed E-state index contributed by atoms with van der Waals surface area (Å²) in [7, 11) is 0. The maximum Gasteiger partial charge on any atom is 0.260 e. The van der Waals surface area contributed by atoms with Gasteiger partial charge < -0.3 is 9.51 Å². The minimum absolute atomic E-state index is 0.0538. The Kier molecular flexibility index (Phi) is 4.70. The molecule has 0 unspecified atom stereocenters. The third-order valence-corrected chi connectivity index (χ3v) is 7.01. The van der Waals surface area contributed by atoms with Crippen LogP contribution in [0.1, 0.15) is 29.1 Å². The zero-order valence-electron chi connectivity index (χ0n) is 14.7. The number of fused-ring (bicyclic) bond motifs is 3. The van der Waals surface area contributed by atoms with E-state index in [0.29, 0.717) is 27.6 Å². The molecule has 9 heteroatoms. The van der Waals surface area contributed by atoms with Crippen LogP contribution in [0.2, 0.25) is 5.02 Å². The number of aromatic nitrogens is 4. The first kappa shape index (κ1) is 17.9. The second-order valence-corrected chi connectivity index (χ2v) is 9.06. The largest absolute Gasteiger partial charge is 0.334 e. The first-order valence-corrected chi connectivity index (χ1v) is 11.1. The predicted molar refractivity (Wildman–Crippen MR) is 111 cm³/mol. The molecule has 0 fully saturated rings. The van der Waals surface area contributed by atoms with Gasteiger partial charge in [0.15, 0.2) is 11.0 Å². The van der Waals surface area contributed by atoms with Crippen LogP contribution in [-0.4, -0.2) is 20.1 Å². The Hall–Kier alpha value is -2.16. The lowest BCUT2D eigenvalue weighted by molar-refractivity contribution is 0.425. The molecular formula is C19H15ClN4O2S2. The minimum atomic E-state index is -0.0538. The van der Waals surface area contributed by atoms with Crippen LogP contribution in [0.4, 0.5) is 0 Å². The van der Waals surface area contributed by atoms with E-state index in [0.717, 1.165) is 35.0 Å². The highest BCUT2D eigenvalue weighted by atomic mass is 35.5. The van der Waals surface area contributed by atoms with E-state index in [2.05, 4.69) is 20.1 Å². The van der Waals surface area contributed by atoms with E-state index in [-0.39, 0.29) is 5.56 Å². The summed E-state index contributed by atoms with van der Waals surface area (Å²) in [5.41, 5.74) is 1.95. The van der Waals surface area contributed by atoms with Gasteiger partial charge >= 0.3 is 0 Å². The lowest BCUT2D eigenvalue weighted by atomic mass is 9.97. The highest BCUT2D eigenvalue weighted by Crippen LogP contribution is 2.34. The monoisotopic (exact) mass is 430 g/mol. The van der Waals surface area contributed by atoms with Crippen molar-refractivity contribution >= 4 is 44.9 Å². The number of nitrogens with zero attached hydrogens (tertiary/aromatic N) is 3. The molecule has 28 heavy (non-hydrogen) atoms. The summed E-state index contributed by atoms with van der Waals surface area (Å²) in [6.07, 6.45) is 4.35. The summed E-state index contributed by atoms with van der Waals surface area (Å²) in [6.45, 7) is 0. The predicted octanol–water partition coefficient (Wildman–Crippen LogP) is 4.86. The van der Waals surface area contributed by atoms with Gasteiger partial charge in [0.2, 0.25) is 0 Å². The molecule has 0 aliphatic heterocycles.